The molecule has 1 N–H and O–H groups in total. The molecule has 0 bridgehead atoms. The molecule has 0 aliphatic rings. The minimum absolute atomic E-state index is 0.250. The Morgan fingerprint density at radius 2 is 2.28 bits per heavy atom. The number of carboxylic acid groups (broad SMARTS) is 1. The Morgan fingerprint density at radius 1 is 1.50 bits per heavy atom. The summed E-state index contributed by atoms with van der Waals surface area (Å²) in [6.07, 6.45) is 2.00. The average molecular weight is 248 g/mol. The zero-order chi connectivity index (χ0) is 13.1. The van der Waals surface area contributed by atoms with Gasteiger partial charge in [0.15, 0.2) is 0 Å². The van der Waals surface area contributed by atoms with Crippen LogP contribution in [0.25, 0.3) is 0 Å². The lowest BCUT2D eigenvalue weighted by atomic mass is 9.94. The number of aliphatic carboxylic acids is 1. The predicted molar refractivity (Wildman–Crippen MR) is 63.7 cm³/mol. The Bertz CT molecular complexity index is 566. The van der Waals surface area contributed by atoms with Gasteiger partial charge in [-0.3, -0.25) is 9.48 Å². The van der Waals surface area contributed by atoms with E-state index in [0.29, 0.717) is 11.3 Å². The van der Waals surface area contributed by atoms with Gasteiger partial charge in [-0.25, -0.2) is 4.39 Å². The normalized spacial score (nSPS) is 12.3. The molecule has 5 heteroatoms. The summed E-state index contributed by atoms with van der Waals surface area (Å²) in [5.41, 5.74) is 1.13. The summed E-state index contributed by atoms with van der Waals surface area (Å²) in [6, 6.07) is 7.43. The fourth-order valence-corrected chi connectivity index (χ4v) is 1.85. The Labute approximate surface area is 104 Å². The molecule has 94 valence electrons. The zero-order valence-corrected chi connectivity index (χ0v) is 9.88. The maximum Gasteiger partial charge on any atom is 0.311 e. The lowest BCUT2D eigenvalue weighted by Gasteiger charge is -2.11. The second-order valence-electron chi connectivity index (χ2n) is 4.13. The first-order chi connectivity index (χ1) is 8.56. The molecule has 0 spiro atoms. The van der Waals surface area contributed by atoms with E-state index in [0.717, 1.165) is 0 Å². The lowest BCUT2D eigenvalue weighted by molar-refractivity contribution is -0.138. The van der Waals surface area contributed by atoms with Crippen molar-refractivity contribution in [2.75, 3.05) is 0 Å². The molecule has 0 aliphatic heterocycles. The highest BCUT2D eigenvalue weighted by atomic mass is 19.1. The molecule has 1 aromatic carbocycles. The molecule has 1 aromatic heterocycles. The summed E-state index contributed by atoms with van der Waals surface area (Å²) in [6.45, 7) is 0. The van der Waals surface area contributed by atoms with Crippen molar-refractivity contribution in [3.63, 3.8) is 0 Å². The molecule has 2 rings (SSSR count). The highest BCUT2D eigenvalue weighted by Crippen LogP contribution is 2.21. The van der Waals surface area contributed by atoms with Crippen LogP contribution in [-0.2, 0) is 18.3 Å². The molecule has 1 unspecified atom stereocenters. The second kappa shape index (κ2) is 5.00. The van der Waals surface area contributed by atoms with E-state index in [1.165, 1.54) is 18.2 Å². The third-order valence-electron chi connectivity index (χ3n) is 2.73. The number of aromatic nitrogens is 2. The van der Waals surface area contributed by atoms with Crippen molar-refractivity contribution < 1.29 is 14.3 Å². The summed E-state index contributed by atoms with van der Waals surface area (Å²) in [4.78, 5) is 11.3. The highest BCUT2D eigenvalue weighted by molar-refractivity contribution is 5.76. The fourth-order valence-electron chi connectivity index (χ4n) is 1.85. The van der Waals surface area contributed by atoms with Crippen molar-refractivity contribution >= 4 is 5.97 Å². The van der Waals surface area contributed by atoms with Gasteiger partial charge in [0.2, 0.25) is 0 Å². The van der Waals surface area contributed by atoms with E-state index in [1.807, 2.05) is 0 Å². The van der Waals surface area contributed by atoms with Crippen molar-refractivity contribution in [1.82, 2.24) is 9.78 Å². The molecule has 1 atom stereocenters. The second-order valence-corrected chi connectivity index (χ2v) is 4.13. The SMILES string of the molecule is Cn1ccc(CC(C(=O)O)c2cccc(F)c2)n1. The van der Waals surface area contributed by atoms with Gasteiger partial charge in [0.1, 0.15) is 5.82 Å². The summed E-state index contributed by atoms with van der Waals surface area (Å²) in [5.74, 6) is -2.19. The monoisotopic (exact) mass is 248 g/mol. The van der Waals surface area contributed by atoms with Gasteiger partial charge in [-0.05, 0) is 23.8 Å². The van der Waals surface area contributed by atoms with Crippen LogP contribution in [0.3, 0.4) is 0 Å². The Kier molecular flexibility index (Phi) is 3.41. The first kappa shape index (κ1) is 12.3. The molecule has 0 saturated carbocycles. The Balaban J connectivity index is 2.26. The summed E-state index contributed by atoms with van der Waals surface area (Å²) < 4.78 is 14.7. The van der Waals surface area contributed by atoms with Crippen LogP contribution in [0.4, 0.5) is 4.39 Å². The van der Waals surface area contributed by atoms with E-state index in [-0.39, 0.29) is 6.42 Å². The van der Waals surface area contributed by atoms with Crippen molar-refractivity contribution in [3.05, 3.63) is 53.6 Å². The van der Waals surface area contributed by atoms with E-state index in [4.69, 9.17) is 0 Å². The van der Waals surface area contributed by atoms with Gasteiger partial charge in [0.05, 0.1) is 11.6 Å². The number of nitrogens with zero attached hydrogens (tertiary/aromatic N) is 2. The minimum Gasteiger partial charge on any atom is -0.481 e. The summed E-state index contributed by atoms with van der Waals surface area (Å²) >= 11 is 0. The molecule has 0 radical (unpaired) electrons. The topological polar surface area (TPSA) is 55.1 Å². The maximum absolute atomic E-state index is 13.1. The zero-order valence-electron chi connectivity index (χ0n) is 9.88. The number of benzene rings is 1. The number of rotatable bonds is 4. The van der Waals surface area contributed by atoms with Crippen molar-refractivity contribution in [2.45, 2.75) is 12.3 Å². The van der Waals surface area contributed by atoms with Crippen LogP contribution in [0.2, 0.25) is 0 Å². The van der Waals surface area contributed by atoms with Crippen molar-refractivity contribution in [1.29, 1.82) is 0 Å². The van der Waals surface area contributed by atoms with Gasteiger partial charge in [-0.2, -0.15) is 5.10 Å². The van der Waals surface area contributed by atoms with Crippen LogP contribution < -0.4 is 0 Å². The Hall–Kier alpha value is -2.17. The van der Waals surface area contributed by atoms with Gasteiger partial charge in [0, 0.05) is 19.7 Å². The quantitative estimate of drug-likeness (QED) is 0.900. The number of halogens is 1. The molecular weight excluding hydrogens is 235 g/mol. The molecule has 4 nitrogen and oxygen atoms in total. The molecule has 18 heavy (non-hydrogen) atoms. The number of carbonyl (C=O) groups is 1. The minimum atomic E-state index is -0.980. The molecule has 0 amide bonds. The largest absolute Gasteiger partial charge is 0.481 e. The number of hydrogen-bond acceptors (Lipinski definition) is 2. The number of hydrogen-bond donors (Lipinski definition) is 1. The van der Waals surface area contributed by atoms with Crippen LogP contribution in [0.5, 0.6) is 0 Å². The molecule has 0 fully saturated rings. The van der Waals surface area contributed by atoms with Gasteiger partial charge < -0.3 is 5.11 Å². The van der Waals surface area contributed by atoms with E-state index in [2.05, 4.69) is 5.10 Å². The third kappa shape index (κ3) is 2.74. The summed E-state index contributed by atoms with van der Waals surface area (Å²) in [5, 5.41) is 13.4. The Morgan fingerprint density at radius 3 is 2.83 bits per heavy atom. The van der Waals surface area contributed by atoms with Gasteiger partial charge >= 0.3 is 5.97 Å². The van der Waals surface area contributed by atoms with Crippen molar-refractivity contribution in [2.24, 2.45) is 7.05 Å². The van der Waals surface area contributed by atoms with Crippen LogP contribution in [0.15, 0.2) is 36.5 Å². The van der Waals surface area contributed by atoms with Crippen LogP contribution in [-0.4, -0.2) is 20.9 Å². The van der Waals surface area contributed by atoms with Crippen LogP contribution >= 0.6 is 0 Å². The molecular formula is C13H13FN2O2. The van der Waals surface area contributed by atoms with Crippen LogP contribution in [0, 0.1) is 5.82 Å². The fraction of sp³-hybridized carbons (Fsp3) is 0.231. The molecule has 2 aromatic rings. The highest BCUT2D eigenvalue weighted by Gasteiger charge is 2.21. The average Bonchev–Trinajstić information content (AvgIpc) is 2.71. The van der Waals surface area contributed by atoms with E-state index in [9.17, 15) is 14.3 Å². The lowest BCUT2D eigenvalue weighted by Crippen LogP contribution is -2.15. The van der Waals surface area contributed by atoms with E-state index in [1.54, 1.807) is 30.1 Å². The first-order valence-electron chi connectivity index (χ1n) is 5.53. The van der Waals surface area contributed by atoms with Gasteiger partial charge in [-0.15, -0.1) is 0 Å². The number of carboxylic acids is 1. The first-order valence-corrected chi connectivity index (χ1v) is 5.53. The molecule has 0 saturated heterocycles. The van der Waals surface area contributed by atoms with Gasteiger partial charge in [-0.1, -0.05) is 12.1 Å². The van der Waals surface area contributed by atoms with Gasteiger partial charge in [0.25, 0.3) is 0 Å². The predicted octanol–water partition coefficient (Wildman–Crippen LogP) is 1.97. The van der Waals surface area contributed by atoms with Crippen molar-refractivity contribution in [3.8, 4) is 0 Å². The third-order valence-corrected chi connectivity index (χ3v) is 2.73. The molecule has 1 heterocycles. The summed E-state index contributed by atoms with van der Waals surface area (Å²) in [7, 11) is 1.77. The maximum atomic E-state index is 13.1. The molecule has 0 aliphatic carbocycles. The van der Waals surface area contributed by atoms with E-state index < -0.39 is 17.7 Å². The van der Waals surface area contributed by atoms with Crippen LogP contribution in [0.1, 0.15) is 17.2 Å². The standard InChI is InChI=1S/C13H13FN2O2/c1-16-6-5-11(15-16)8-12(13(17)18)9-3-2-4-10(14)7-9/h2-7,12H,8H2,1H3,(H,17,18). The number of aryl methyl sites for hydroxylation is 1. The van der Waals surface area contributed by atoms with E-state index >= 15 is 0 Å². The smallest absolute Gasteiger partial charge is 0.311 e.